The van der Waals surface area contributed by atoms with Crippen molar-refractivity contribution in [3.63, 3.8) is 0 Å². The first-order valence-electron chi connectivity index (χ1n) is 6.79. The molecule has 1 aromatic carbocycles. The maximum Gasteiger partial charge on any atom is 0.253 e. The molecule has 0 aliphatic heterocycles. The third-order valence-corrected chi connectivity index (χ3v) is 2.66. The van der Waals surface area contributed by atoms with Gasteiger partial charge in [0.2, 0.25) is 11.8 Å². The fourth-order valence-electron chi connectivity index (χ4n) is 1.74. The van der Waals surface area contributed by atoms with E-state index in [1.807, 2.05) is 13.8 Å². The molecule has 0 heterocycles. The van der Waals surface area contributed by atoms with Crippen molar-refractivity contribution in [3.05, 3.63) is 29.8 Å². The number of hydrogen-bond acceptors (Lipinski definition) is 3. The summed E-state index contributed by atoms with van der Waals surface area (Å²) in [6.45, 7) is 6.64. The van der Waals surface area contributed by atoms with Crippen molar-refractivity contribution in [1.29, 1.82) is 0 Å². The molecule has 1 rings (SSSR count). The molecule has 3 amide bonds. The summed E-state index contributed by atoms with van der Waals surface area (Å²) in [5.74, 6) is -0.924. The van der Waals surface area contributed by atoms with Crippen LogP contribution in [0.1, 0.15) is 38.1 Å². The van der Waals surface area contributed by atoms with Gasteiger partial charge in [0.05, 0.1) is 11.3 Å². The molecule has 0 fully saturated rings. The molecule has 0 aliphatic rings. The Bertz CT molecular complexity index is 541. The van der Waals surface area contributed by atoms with Crippen molar-refractivity contribution in [1.82, 2.24) is 10.6 Å². The standard InChI is InChI=1S/C15H21N3O3/c1-9(2)16-15(21)12-7-5-6-8-13(12)18-14(20)10(3)17-11(4)19/h5-10H,1-4H3,(H,16,21)(H,17,19)(H,18,20). The Kier molecular flexibility index (Phi) is 5.90. The number of carbonyl (C=O) groups excluding carboxylic acids is 3. The summed E-state index contributed by atoms with van der Waals surface area (Å²) in [4.78, 5) is 35.0. The minimum Gasteiger partial charge on any atom is -0.350 e. The van der Waals surface area contributed by atoms with Gasteiger partial charge in [0.1, 0.15) is 6.04 Å². The number of nitrogens with one attached hydrogen (secondary N) is 3. The largest absolute Gasteiger partial charge is 0.350 e. The highest BCUT2D eigenvalue weighted by molar-refractivity contribution is 6.05. The van der Waals surface area contributed by atoms with E-state index in [0.29, 0.717) is 11.3 Å². The fraction of sp³-hybridized carbons (Fsp3) is 0.400. The van der Waals surface area contributed by atoms with E-state index in [0.717, 1.165) is 0 Å². The quantitative estimate of drug-likeness (QED) is 0.764. The SMILES string of the molecule is CC(=O)NC(C)C(=O)Nc1ccccc1C(=O)NC(C)C. The number of hydrogen-bond donors (Lipinski definition) is 3. The maximum absolute atomic E-state index is 12.1. The summed E-state index contributed by atoms with van der Waals surface area (Å²) < 4.78 is 0. The second kappa shape index (κ2) is 7.42. The van der Waals surface area contributed by atoms with Crippen molar-refractivity contribution in [2.45, 2.75) is 39.8 Å². The van der Waals surface area contributed by atoms with Gasteiger partial charge in [-0.2, -0.15) is 0 Å². The monoisotopic (exact) mass is 291 g/mol. The number of benzene rings is 1. The molecule has 0 spiro atoms. The zero-order valence-corrected chi connectivity index (χ0v) is 12.7. The molecule has 0 bridgehead atoms. The zero-order valence-electron chi connectivity index (χ0n) is 12.7. The van der Waals surface area contributed by atoms with Crippen LogP contribution < -0.4 is 16.0 Å². The van der Waals surface area contributed by atoms with Gasteiger partial charge in [-0.3, -0.25) is 14.4 Å². The Balaban J connectivity index is 2.86. The van der Waals surface area contributed by atoms with E-state index >= 15 is 0 Å². The predicted molar refractivity (Wildman–Crippen MR) is 81.0 cm³/mol. The average molecular weight is 291 g/mol. The van der Waals surface area contributed by atoms with Gasteiger partial charge >= 0.3 is 0 Å². The lowest BCUT2D eigenvalue weighted by Gasteiger charge is -2.16. The summed E-state index contributed by atoms with van der Waals surface area (Å²) in [7, 11) is 0. The van der Waals surface area contributed by atoms with Crippen LogP contribution in [0.5, 0.6) is 0 Å². The molecule has 3 N–H and O–H groups in total. The van der Waals surface area contributed by atoms with E-state index in [2.05, 4.69) is 16.0 Å². The summed E-state index contributed by atoms with van der Waals surface area (Å²) >= 11 is 0. The predicted octanol–water partition coefficient (Wildman–Crippen LogP) is 1.29. The molecule has 0 radical (unpaired) electrons. The van der Waals surface area contributed by atoms with Gasteiger partial charge in [0.25, 0.3) is 5.91 Å². The molecule has 0 aliphatic carbocycles. The number of amides is 3. The molecule has 114 valence electrons. The van der Waals surface area contributed by atoms with Crippen LogP contribution in [0.25, 0.3) is 0 Å². The Morgan fingerprint density at radius 3 is 2.19 bits per heavy atom. The summed E-state index contributed by atoms with van der Waals surface area (Å²) in [6, 6.07) is 6.06. The number of carbonyl (C=O) groups is 3. The molecule has 1 unspecified atom stereocenters. The van der Waals surface area contributed by atoms with Gasteiger partial charge in [-0.15, -0.1) is 0 Å². The van der Waals surface area contributed by atoms with E-state index in [-0.39, 0.29) is 23.8 Å². The Morgan fingerprint density at radius 2 is 1.62 bits per heavy atom. The highest BCUT2D eigenvalue weighted by Crippen LogP contribution is 2.15. The van der Waals surface area contributed by atoms with Crippen LogP contribution in [-0.4, -0.2) is 29.8 Å². The highest BCUT2D eigenvalue weighted by Gasteiger charge is 2.17. The Labute approximate surface area is 124 Å². The van der Waals surface area contributed by atoms with Crippen LogP contribution in [0.3, 0.4) is 0 Å². The van der Waals surface area contributed by atoms with E-state index in [9.17, 15) is 14.4 Å². The topological polar surface area (TPSA) is 87.3 Å². The maximum atomic E-state index is 12.1. The second-order valence-electron chi connectivity index (χ2n) is 5.09. The van der Waals surface area contributed by atoms with Crippen molar-refractivity contribution >= 4 is 23.4 Å². The van der Waals surface area contributed by atoms with Gasteiger partial charge in [-0.05, 0) is 32.9 Å². The lowest BCUT2D eigenvalue weighted by Crippen LogP contribution is -2.41. The van der Waals surface area contributed by atoms with Gasteiger partial charge in [0, 0.05) is 13.0 Å². The smallest absolute Gasteiger partial charge is 0.253 e. The lowest BCUT2D eigenvalue weighted by molar-refractivity contribution is -0.124. The van der Waals surface area contributed by atoms with Gasteiger partial charge in [0.15, 0.2) is 0 Å². The lowest BCUT2D eigenvalue weighted by atomic mass is 10.1. The average Bonchev–Trinajstić information content (AvgIpc) is 2.37. The molecule has 6 nitrogen and oxygen atoms in total. The molecule has 6 heteroatoms. The highest BCUT2D eigenvalue weighted by atomic mass is 16.2. The number of para-hydroxylation sites is 1. The molecule has 1 atom stereocenters. The van der Waals surface area contributed by atoms with Crippen molar-refractivity contribution < 1.29 is 14.4 Å². The molecule has 1 aromatic rings. The molecular formula is C15H21N3O3. The Hall–Kier alpha value is -2.37. The minimum absolute atomic E-state index is 0.000407. The second-order valence-corrected chi connectivity index (χ2v) is 5.09. The fourth-order valence-corrected chi connectivity index (χ4v) is 1.74. The molecule has 0 aromatic heterocycles. The minimum atomic E-state index is -0.677. The summed E-state index contributed by atoms with van der Waals surface area (Å²) in [6.07, 6.45) is 0. The Morgan fingerprint density at radius 1 is 1.00 bits per heavy atom. The number of rotatable bonds is 5. The van der Waals surface area contributed by atoms with E-state index in [1.54, 1.807) is 31.2 Å². The van der Waals surface area contributed by atoms with E-state index in [1.165, 1.54) is 6.92 Å². The van der Waals surface area contributed by atoms with E-state index in [4.69, 9.17) is 0 Å². The zero-order chi connectivity index (χ0) is 16.0. The van der Waals surface area contributed by atoms with Gasteiger partial charge in [-0.25, -0.2) is 0 Å². The van der Waals surface area contributed by atoms with Gasteiger partial charge < -0.3 is 16.0 Å². The van der Waals surface area contributed by atoms with Crippen molar-refractivity contribution in [2.75, 3.05) is 5.32 Å². The van der Waals surface area contributed by atoms with Crippen molar-refractivity contribution in [2.24, 2.45) is 0 Å². The first-order chi connectivity index (χ1) is 9.81. The normalized spacial score (nSPS) is 11.7. The third-order valence-electron chi connectivity index (χ3n) is 2.66. The van der Waals surface area contributed by atoms with Crippen LogP contribution in [-0.2, 0) is 9.59 Å². The summed E-state index contributed by atoms with van der Waals surface area (Å²) in [5, 5.41) is 7.92. The molecule has 0 saturated heterocycles. The molecule has 0 saturated carbocycles. The van der Waals surface area contributed by atoms with Crippen LogP contribution in [0, 0.1) is 0 Å². The van der Waals surface area contributed by atoms with Crippen LogP contribution in [0.4, 0.5) is 5.69 Å². The summed E-state index contributed by atoms with van der Waals surface area (Å²) in [5.41, 5.74) is 0.799. The first kappa shape index (κ1) is 16.7. The van der Waals surface area contributed by atoms with E-state index < -0.39 is 6.04 Å². The third kappa shape index (κ3) is 5.25. The first-order valence-corrected chi connectivity index (χ1v) is 6.79. The molecule has 21 heavy (non-hydrogen) atoms. The van der Waals surface area contributed by atoms with Crippen LogP contribution in [0.15, 0.2) is 24.3 Å². The van der Waals surface area contributed by atoms with Crippen LogP contribution in [0.2, 0.25) is 0 Å². The molecular weight excluding hydrogens is 270 g/mol. The number of anilines is 1. The van der Waals surface area contributed by atoms with Crippen LogP contribution >= 0.6 is 0 Å². The van der Waals surface area contributed by atoms with Gasteiger partial charge in [-0.1, -0.05) is 12.1 Å². The van der Waals surface area contributed by atoms with Crippen molar-refractivity contribution in [3.8, 4) is 0 Å².